The van der Waals surface area contributed by atoms with Crippen molar-refractivity contribution >= 4 is 5.97 Å². The van der Waals surface area contributed by atoms with E-state index in [1.807, 2.05) is 0 Å². The van der Waals surface area contributed by atoms with Crippen LogP contribution >= 0.6 is 0 Å². The van der Waals surface area contributed by atoms with Gasteiger partial charge in [0.05, 0.1) is 6.54 Å². The quantitative estimate of drug-likeness (QED) is 0.730. The van der Waals surface area contributed by atoms with Gasteiger partial charge in [-0.15, -0.1) is 0 Å². The van der Waals surface area contributed by atoms with E-state index in [2.05, 4.69) is 0 Å². The number of rotatable bonds is 5. The minimum atomic E-state index is -0.712. The van der Waals surface area contributed by atoms with Crippen molar-refractivity contribution in [3.63, 3.8) is 0 Å². The highest BCUT2D eigenvalue weighted by Gasteiger charge is 2.21. The van der Waals surface area contributed by atoms with Crippen LogP contribution in [0.1, 0.15) is 17.2 Å². The van der Waals surface area contributed by atoms with E-state index in [-0.39, 0.29) is 24.5 Å². The van der Waals surface area contributed by atoms with Gasteiger partial charge in [0.25, 0.3) is 0 Å². The van der Waals surface area contributed by atoms with Crippen LogP contribution in [0.15, 0.2) is 48.5 Å². The molecule has 4 N–H and O–H groups in total. The zero-order valence-corrected chi connectivity index (χ0v) is 11.4. The minimum absolute atomic E-state index is 0.0303. The molecule has 1 atom stereocenters. The Bertz CT molecular complexity index is 627. The Hall–Kier alpha value is -2.53. The number of carbonyl (C=O) groups excluding carboxylic acids is 1. The highest BCUT2D eigenvalue weighted by atomic mass is 16.5. The molecule has 1 unspecified atom stereocenters. The van der Waals surface area contributed by atoms with E-state index in [0.29, 0.717) is 11.1 Å². The lowest BCUT2D eigenvalue weighted by Crippen LogP contribution is -2.21. The van der Waals surface area contributed by atoms with Crippen LogP contribution in [-0.4, -0.2) is 22.7 Å². The Balaban J connectivity index is 2.31. The second-order valence-electron chi connectivity index (χ2n) is 4.57. The first-order valence-corrected chi connectivity index (χ1v) is 6.56. The Morgan fingerprint density at radius 2 is 1.67 bits per heavy atom. The largest absolute Gasteiger partial charge is 0.508 e. The first-order chi connectivity index (χ1) is 10.1. The van der Waals surface area contributed by atoms with Gasteiger partial charge in [-0.2, -0.15) is 0 Å². The third-order valence-electron chi connectivity index (χ3n) is 3.12. The van der Waals surface area contributed by atoms with Crippen molar-refractivity contribution in [3.8, 4) is 11.5 Å². The van der Waals surface area contributed by atoms with Gasteiger partial charge >= 0.3 is 5.97 Å². The van der Waals surface area contributed by atoms with Crippen molar-refractivity contribution in [1.82, 2.24) is 0 Å². The molecule has 0 heterocycles. The SMILES string of the molecule is NCC(=O)OC(Cc1ccccc1O)c1ccccc1O. The second-order valence-corrected chi connectivity index (χ2v) is 4.57. The van der Waals surface area contributed by atoms with Crippen molar-refractivity contribution in [1.29, 1.82) is 0 Å². The molecule has 0 saturated heterocycles. The van der Waals surface area contributed by atoms with E-state index >= 15 is 0 Å². The number of para-hydroxylation sites is 2. The van der Waals surface area contributed by atoms with E-state index in [0.717, 1.165) is 0 Å². The molecule has 2 aromatic rings. The average Bonchev–Trinajstić information content (AvgIpc) is 2.49. The van der Waals surface area contributed by atoms with Crippen LogP contribution in [-0.2, 0) is 16.0 Å². The third kappa shape index (κ3) is 3.73. The normalized spacial score (nSPS) is 11.9. The maximum atomic E-state index is 11.5. The molecule has 2 aromatic carbocycles. The van der Waals surface area contributed by atoms with Crippen LogP contribution in [0, 0.1) is 0 Å². The zero-order valence-electron chi connectivity index (χ0n) is 11.4. The maximum Gasteiger partial charge on any atom is 0.320 e. The Kier molecular flexibility index (Phi) is 4.79. The van der Waals surface area contributed by atoms with Gasteiger partial charge in [-0.1, -0.05) is 36.4 Å². The molecule has 0 radical (unpaired) electrons. The van der Waals surface area contributed by atoms with Gasteiger partial charge in [0.15, 0.2) is 0 Å². The summed E-state index contributed by atoms with van der Waals surface area (Å²) in [5.74, 6) is -0.428. The summed E-state index contributed by atoms with van der Waals surface area (Å²) in [6, 6.07) is 13.4. The molecule has 21 heavy (non-hydrogen) atoms. The molecule has 0 bridgehead atoms. The van der Waals surface area contributed by atoms with Crippen LogP contribution in [0.25, 0.3) is 0 Å². The second kappa shape index (κ2) is 6.76. The lowest BCUT2D eigenvalue weighted by atomic mass is 10.00. The van der Waals surface area contributed by atoms with Gasteiger partial charge in [-0.3, -0.25) is 4.79 Å². The summed E-state index contributed by atoms with van der Waals surface area (Å²) in [5, 5.41) is 19.8. The molecule has 0 spiro atoms. The minimum Gasteiger partial charge on any atom is -0.508 e. The van der Waals surface area contributed by atoms with Gasteiger partial charge in [0.2, 0.25) is 0 Å². The Labute approximate surface area is 122 Å². The van der Waals surface area contributed by atoms with E-state index in [4.69, 9.17) is 10.5 Å². The highest BCUT2D eigenvalue weighted by Crippen LogP contribution is 2.31. The molecule has 110 valence electrons. The smallest absolute Gasteiger partial charge is 0.320 e. The summed E-state index contributed by atoms with van der Waals surface area (Å²) in [6.45, 7) is -0.245. The molecule has 5 heteroatoms. The molecule has 0 saturated carbocycles. The van der Waals surface area contributed by atoms with Crippen molar-refractivity contribution < 1.29 is 19.7 Å². The summed E-state index contributed by atoms with van der Waals surface area (Å²) in [7, 11) is 0. The topological polar surface area (TPSA) is 92.8 Å². The average molecular weight is 287 g/mol. The first kappa shape index (κ1) is 14.9. The Morgan fingerprint density at radius 3 is 2.29 bits per heavy atom. The summed E-state index contributed by atoms with van der Waals surface area (Å²) < 4.78 is 5.29. The number of aromatic hydroxyl groups is 2. The van der Waals surface area contributed by atoms with Crippen LogP contribution in [0.3, 0.4) is 0 Å². The van der Waals surface area contributed by atoms with Gasteiger partial charge < -0.3 is 20.7 Å². The Morgan fingerprint density at radius 1 is 1.05 bits per heavy atom. The van der Waals surface area contributed by atoms with Crippen LogP contribution < -0.4 is 5.73 Å². The molecule has 0 fully saturated rings. The molecule has 0 aliphatic heterocycles. The zero-order chi connectivity index (χ0) is 15.2. The number of ether oxygens (including phenoxy) is 1. The number of nitrogens with two attached hydrogens (primary N) is 1. The van der Waals surface area contributed by atoms with Crippen LogP contribution in [0.5, 0.6) is 11.5 Å². The van der Waals surface area contributed by atoms with Crippen LogP contribution in [0.2, 0.25) is 0 Å². The lowest BCUT2D eigenvalue weighted by molar-refractivity contribution is -0.147. The number of hydrogen-bond donors (Lipinski definition) is 3. The fraction of sp³-hybridized carbons (Fsp3) is 0.188. The monoisotopic (exact) mass is 287 g/mol. The summed E-state index contributed by atoms with van der Waals surface area (Å²) in [6.07, 6.45) is -0.466. The van der Waals surface area contributed by atoms with Crippen molar-refractivity contribution in [2.45, 2.75) is 12.5 Å². The number of esters is 1. The molecule has 0 aromatic heterocycles. The molecular formula is C16H17NO4. The molecule has 0 aliphatic rings. The van der Waals surface area contributed by atoms with E-state index in [1.165, 1.54) is 6.07 Å². The standard InChI is InChI=1S/C16H17NO4/c17-10-16(20)21-15(12-6-2-4-8-14(12)19)9-11-5-1-3-7-13(11)18/h1-8,15,18-19H,9-10,17H2. The fourth-order valence-electron chi connectivity index (χ4n) is 2.06. The number of carbonyl (C=O) groups is 1. The van der Waals surface area contributed by atoms with Crippen molar-refractivity contribution in [2.75, 3.05) is 6.54 Å². The molecule has 5 nitrogen and oxygen atoms in total. The fourth-order valence-corrected chi connectivity index (χ4v) is 2.06. The highest BCUT2D eigenvalue weighted by molar-refractivity contribution is 5.71. The number of phenolic OH excluding ortho intramolecular Hbond substituents is 2. The first-order valence-electron chi connectivity index (χ1n) is 6.56. The molecule has 2 rings (SSSR count). The number of phenols is 2. The lowest BCUT2D eigenvalue weighted by Gasteiger charge is -2.19. The third-order valence-corrected chi connectivity index (χ3v) is 3.12. The summed E-state index contributed by atoms with van der Waals surface area (Å²) in [5.41, 5.74) is 6.37. The predicted molar refractivity (Wildman–Crippen MR) is 77.8 cm³/mol. The van der Waals surface area contributed by atoms with Crippen LogP contribution in [0.4, 0.5) is 0 Å². The van der Waals surface area contributed by atoms with E-state index in [9.17, 15) is 15.0 Å². The van der Waals surface area contributed by atoms with Gasteiger partial charge in [0.1, 0.15) is 17.6 Å². The van der Waals surface area contributed by atoms with E-state index in [1.54, 1.807) is 42.5 Å². The molecular weight excluding hydrogens is 270 g/mol. The van der Waals surface area contributed by atoms with E-state index < -0.39 is 12.1 Å². The number of benzene rings is 2. The van der Waals surface area contributed by atoms with Crippen molar-refractivity contribution in [2.24, 2.45) is 5.73 Å². The molecule has 0 aliphatic carbocycles. The van der Waals surface area contributed by atoms with Gasteiger partial charge in [-0.25, -0.2) is 0 Å². The summed E-state index contributed by atoms with van der Waals surface area (Å²) >= 11 is 0. The number of hydrogen-bond acceptors (Lipinski definition) is 5. The maximum absolute atomic E-state index is 11.5. The van der Waals surface area contributed by atoms with Gasteiger partial charge in [-0.05, 0) is 17.7 Å². The van der Waals surface area contributed by atoms with Gasteiger partial charge in [0, 0.05) is 12.0 Å². The van der Waals surface area contributed by atoms with Crippen molar-refractivity contribution in [3.05, 3.63) is 59.7 Å². The predicted octanol–water partition coefficient (Wildman–Crippen LogP) is 1.88. The summed E-state index contributed by atoms with van der Waals surface area (Å²) in [4.78, 5) is 11.5. The molecule has 0 amide bonds.